The lowest BCUT2D eigenvalue weighted by Gasteiger charge is -2.22. The van der Waals surface area contributed by atoms with Crippen molar-refractivity contribution in [3.05, 3.63) is 29.8 Å². The van der Waals surface area contributed by atoms with Crippen molar-refractivity contribution in [2.45, 2.75) is 38.3 Å². The van der Waals surface area contributed by atoms with Crippen molar-refractivity contribution in [3.63, 3.8) is 0 Å². The average Bonchev–Trinajstić information content (AvgIpc) is 2.95. The summed E-state index contributed by atoms with van der Waals surface area (Å²) in [6, 6.07) is 8.88. The highest BCUT2D eigenvalue weighted by Crippen LogP contribution is 2.43. The Bertz CT molecular complexity index is 650. The number of benzene rings is 1. The zero-order valence-corrected chi connectivity index (χ0v) is 12.1. The minimum atomic E-state index is 0.409. The molecule has 1 aromatic carbocycles. The van der Waals surface area contributed by atoms with E-state index in [1.54, 1.807) is 0 Å². The molecule has 2 aliphatic rings. The smallest absolute Gasteiger partial charge is 0.215 e. The third kappa shape index (κ3) is 1.64. The number of aromatic nitrogens is 2. The van der Waals surface area contributed by atoms with Crippen LogP contribution in [0.2, 0.25) is 0 Å². The van der Waals surface area contributed by atoms with E-state index in [2.05, 4.69) is 45.1 Å². The van der Waals surface area contributed by atoms with Gasteiger partial charge in [0, 0.05) is 17.5 Å². The van der Waals surface area contributed by atoms with Gasteiger partial charge in [0.1, 0.15) is 6.10 Å². The minimum Gasteiger partial charge on any atom is -0.474 e. The van der Waals surface area contributed by atoms with E-state index in [-0.39, 0.29) is 0 Å². The molecular formula is C15H17N2OP. The summed E-state index contributed by atoms with van der Waals surface area (Å²) in [5.74, 6) is 0.988. The average molecular weight is 272 g/mol. The van der Waals surface area contributed by atoms with Gasteiger partial charge in [-0.1, -0.05) is 24.3 Å². The molecule has 1 saturated carbocycles. The number of hydrogen-bond acceptors (Lipinski definition) is 2. The topological polar surface area (TPSA) is 27.1 Å². The van der Waals surface area contributed by atoms with Crippen molar-refractivity contribution in [2.24, 2.45) is 0 Å². The first-order chi connectivity index (χ1) is 9.24. The van der Waals surface area contributed by atoms with Crippen molar-refractivity contribution < 1.29 is 4.74 Å². The molecule has 4 rings (SSSR count). The van der Waals surface area contributed by atoms with E-state index in [1.807, 2.05) is 0 Å². The normalized spacial score (nSPS) is 24.1. The van der Waals surface area contributed by atoms with E-state index >= 15 is 0 Å². The predicted molar refractivity (Wildman–Crippen MR) is 79.0 cm³/mol. The van der Waals surface area contributed by atoms with Gasteiger partial charge < -0.3 is 4.74 Å². The first-order valence-electron chi connectivity index (χ1n) is 6.84. The minimum absolute atomic E-state index is 0.409. The molecule has 3 atom stereocenters. The maximum Gasteiger partial charge on any atom is 0.215 e. The molecule has 0 amide bonds. The Kier molecular flexibility index (Phi) is 2.46. The van der Waals surface area contributed by atoms with E-state index in [9.17, 15) is 0 Å². The van der Waals surface area contributed by atoms with Crippen LogP contribution in [0, 0.1) is 6.92 Å². The van der Waals surface area contributed by atoms with Crippen LogP contribution in [0.25, 0.3) is 11.3 Å². The van der Waals surface area contributed by atoms with Crippen LogP contribution in [0.4, 0.5) is 0 Å². The Morgan fingerprint density at radius 3 is 3.00 bits per heavy atom. The van der Waals surface area contributed by atoms with Crippen molar-refractivity contribution in [3.8, 4) is 17.1 Å². The van der Waals surface area contributed by atoms with Crippen molar-refractivity contribution >= 4 is 14.5 Å². The summed E-state index contributed by atoms with van der Waals surface area (Å²) < 4.78 is 8.21. The van der Waals surface area contributed by atoms with Gasteiger partial charge in [-0.15, -0.1) is 9.24 Å². The molecule has 2 heterocycles. The highest BCUT2D eigenvalue weighted by atomic mass is 31.0. The molecule has 0 N–H and O–H groups in total. The summed E-state index contributed by atoms with van der Waals surface area (Å²) in [6.45, 7) is 2.12. The molecular weight excluding hydrogens is 255 g/mol. The molecule has 2 bridgehead atoms. The molecule has 1 aliphatic heterocycles. The van der Waals surface area contributed by atoms with E-state index in [4.69, 9.17) is 9.84 Å². The molecule has 0 radical (unpaired) electrons. The number of rotatable bonds is 1. The molecule has 98 valence electrons. The summed E-state index contributed by atoms with van der Waals surface area (Å²) in [5, 5.41) is 6.02. The molecule has 2 aromatic rings. The molecule has 4 heteroatoms. The molecule has 0 spiro atoms. The summed E-state index contributed by atoms with van der Waals surface area (Å²) in [7, 11) is 2.79. The summed E-state index contributed by atoms with van der Waals surface area (Å²) in [4.78, 5) is 0. The SMILES string of the molecule is Cc1c(-c2ccccc2P)nn2c1O[C@@H]1CC[C@H]2C1. The second kappa shape index (κ2) is 4.08. The zero-order chi connectivity index (χ0) is 13.0. The van der Waals surface area contributed by atoms with Gasteiger partial charge >= 0.3 is 0 Å². The van der Waals surface area contributed by atoms with Gasteiger partial charge in [-0.25, -0.2) is 4.68 Å². The summed E-state index contributed by atoms with van der Waals surface area (Å²) in [5.41, 5.74) is 3.42. The van der Waals surface area contributed by atoms with Gasteiger partial charge in [0.15, 0.2) is 0 Å². The van der Waals surface area contributed by atoms with Crippen LogP contribution in [0.5, 0.6) is 5.88 Å². The number of nitrogens with zero attached hydrogens (tertiary/aromatic N) is 2. The number of ether oxygens (including phenoxy) is 1. The maximum absolute atomic E-state index is 6.09. The fourth-order valence-electron chi connectivity index (χ4n) is 3.26. The quantitative estimate of drug-likeness (QED) is 0.746. The predicted octanol–water partition coefficient (Wildman–Crippen LogP) is 2.84. The molecule has 1 aromatic heterocycles. The Morgan fingerprint density at radius 2 is 2.16 bits per heavy atom. The van der Waals surface area contributed by atoms with Crippen LogP contribution in [-0.2, 0) is 0 Å². The fourth-order valence-corrected chi connectivity index (χ4v) is 3.61. The highest BCUT2D eigenvalue weighted by Gasteiger charge is 2.37. The van der Waals surface area contributed by atoms with Gasteiger partial charge in [-0.05, 0) is 25.1 Å². The van der Waals surface area contributed by atoms with E-state index in [0.29, 0.717) is 12.1 Å². The van der Waals surface area contributed by atoms with Crippen molar-refractivity contribution in [1.29, 1.82) is 0 Å². The molecule has 1 fully saturated rings. The highest BCUT2D eigenvalue weighted by molar-refractivity contribution is 7.28. The van der Waals surface area contributed by atoms with Crippen molar-refractivity contribution in [1.82, 2.24) is 9.78 Å². The largest absolute Gasteiger partial charge is 0.474 e. The van der Waals surface area contributed by atoms with Crippen LogP contribution in [0.1, 0.15) is 30.9 Å². The zero-order valence-electron chi connectivity index (χ0n) is 11.0. The third-order valence-electron chi connectivity index (χ3n) is 4.29. The number of fused-ring (bicyclic) bond motifs is 4. The maximum atomic E-state index is 6.09. The van der Waals surface area contributed by atoms with Crippen LogP contribution in [0.15, 0.2) is 24.3 Å². The van der Waals surface area contributed by atoms with Crippen LogP contribution >= 0.6 is 9.24 Å². The van der Waals surface area contributed by atoms with Gasteiger partial charge in [-0.3, -0.25) is 0 Å². The molecule has 1 unspecified atom stereocenters. The monoisotopic (exact) mass is 272 g/mol. The summed E-state index contributed by atoms with van der Waals surface area (Å²) >= 11 is 0. The molecule has 19 heavy (non-hydrogen) atoms. The lowest BCUT2D eigenvalue weighted by atomic mass is 10.1. The summed E-state index contributed by atoms with van der Waals surface area (Å²) in [6.07, 6.45) is 3.90. The van der Waals surface area contributed by atoms with E-state index in [1.165, 1.54) is 29.3 Å². The second-order valence-corrected chi connectivity index (χ2v) is 6.14. The lowest BCUT2D eigenvalue weighted by Crippen LogP contribution is -2.22. The van der Waals surface area contributed by atoms with Crippen molar-refractivity contribution in [2.75, 3.05) is 0 Å². The van der Waals surface area contributed by atoms with Gasteiger partial charge in [0.2, 0.25) is 5.88 Å². The molecule has 0 saturated heterocycles. The van der Waals surface area contributed by atoms with E-state index < -0.39 is 0 Å². The standard InChI is InChI=1S/C15H17N2OP/c1-9-14(12-4-2-3-5-13(12)19)16-17-10-6-7-11(8-10)18-15(9)17/h2-5,10-11H,6-8,19H2,1H3/t10-,11+/m0/s1. The van der Waals surface area contributed by atoms with Crippen LogP contribution in [0.3, 0.4) is 0 Å². The second-order valence-electron chi connectivity index (χ2n) is 5.52. The van der Waals surface area contributed by atoms with Gasteiger partial charge in [0.25, 0.3) is 0 Å². The Morgan fingerprint density at radius 1 is 1.32 bits per heavy atom. The fraction of sp³-hybridized carbons (Fsp3) is 0.400. The Hall–Kier alpha value is -1.34. The molecule has 3 nitrogen and oxygen atoms in total. The van der Waals surface area contributed by atoms with Gasteiger partial charge in [-0.2, -0.15) is 5.10 Å². The van der Waals surface area contributed by atoms with Gasteiger partial charge in [0.05, 0.1) is 11.7 Å². The Balaban J connectivity index is 1.88. The Labute approximate surface area is 115 Å². The van der Waals surface area contributed by atoms with Crippen LogP contribution < -0.4 is 10.0 Å². The lowest BCUT2D eigenvalue weighted by molar-refractivity contribution is 0.152. The van der Waals surface area contributed by atoms with E-state index in [0.717, 1.165) is 18.0 Å². The first kappa shape index (κ1) is 11.5. The molecule has 1 aliphatic carbocycles. The van der Waals surface area contributed by atoms with Crippen LogP contribution in [-0.4, -0.2) is 15.9 Å². The third-order valence-corrected chi connectivity index (χ3v) is 4.79. The number of hydrogen-bond donors (Lipinski definition) is 0. The first-order valence-corrected chi connectivity index (χ1v) is 7.42.